The number of aryl methyl sites for hydroxylation is 1. The van der Waals surface area contributed by atoms with Gasteiger partial charge in [-0.1, -0.05) is 0 Å². The number of nitrogen functional groups attached to an aromatic ring is 1. The number of nitrogens with zero attached hydrogens (tertiary/aromatic N) is 2. The Morgan fingerprint density at radius 2 is 1.90 bits per heavy atom. The van der Waals surface area contributed by atoms with Crippen molar-refractivity contribution in [2.24, 2.45) is 0 Å². The van der Waals surface area contributed by atoms with Crippen LogP contribution in [0.15, 0.2) is 36.4 Å². The maximum Gasteiger partial charge on any atom is 0.269 e. The number of rotatable bonds is 3. The van der Waals surface area contributed by atoms with Crippen molar-refractivity contribution in [3.05, 3.63) is 57.8 Å². The van der Waals surface area contributed by atoms with Crippen LogP contribution < -0.4 is 11.1 Å². The minimum Gasteiger partial charge on any atom is -0.384 e. The van der Waals surface area contributed by atoms with E-state index in [1.807, 2.05) is 0 Å². The number of non-ortho nitro benzene ring substituents is 1. The highest BCUT2D eigenvalue weighted by Crippen LogP contribution is 2.17. The first-order valence-electron chi connectivity index (χ1n) is 5.76. The summed E-state index contributed by atoms with van der Waals surface area (Å²) in [6.07, 6.45) is 0. The molecule has 0 spiro atoms. The van der Waals surface area contributed by atoms with Gasteiger partial charge in [-0.2, -0.15) is 0 Å². The minimum absolute atomic E-state index is 0.0631. The Labute approximate surface area is 114 Å². The van der Waals surface area contributed by atoms with E-state index < -0.39 is 4.92 Å². The van der Waals surface area contributed by atoms with E-state index in [0.29, 0.717) is 22.8 Å². The highest BCUT2D eigenvalue weighted by Gasteiger charge is 2.11. The van der Waals surface area contributed by atoms with Crippen molar-refractivity contribution in [2.75, 3.05) is 11.1 Å². The van der Waals surface area contributed by atoms with Crippen LogP contribution in [0.3, 0.4) is 0 Å². The molecule has 102 valence electrons. The predicted octanol–water partition coefficient (Wildman–Crippen LogP) is 2.13. The normalized spacial score (nSPS) is 10.1. The zero-order valence-electron chi connectivity index (χ0n) is 10.7. The molecular weight excluding hydrogens is 260 g/mol. The standard InChI is InChI=1S/C13H12N4O3/c1-8-11(6-7-12(14)15-8)16-13(18)9-2-4-10(5-3-9)17(19)20/h2-7H,1H3,(H2,14,15)(H,16,18). The van der Waals surface area contributed by atoms with Crippen LogP contribution in [0.2, 0.25) is 0 Å². The summed E-state index contributed by atoms with van der Waals surface area (Å²) < 4.78 is 0. The van der Waals surface area contributed by atoms with Crippen molar-refractivity contribution in [2.45, 2.75) is 6.92 Å². The number of carbonyl (C=O) groups excluding carboxylic acids is 1. The molecule has 0 atom stereocenters. The second-order valence-electron chi connectivity index (χ2n) is 4.13. The van der Waals surface area contributed by atoms with Gasteiger partial charge in [0, 0.05) is 17.7 Å². The van der Waals surface area contributed by atoms with Crippen LogP contribution in [0, 0.1) is 17.0 Å². The van der Waals surface area contributed by atoms with Gasteiger partial charge in [-0.3, -0.25) is 14.9 Å². The van der Waals surface area contributed by atoms with E-state index in [2.05, 4.69) is 10.3 Å². The van der Waals surface area contributed by atoms with Gasteiger partial charge in [-0.25, -0.2) is 4.98 Å². The summed E-state index contributed by atoms with van der Waals surface area (Å²) in [5.41, 5.74) is 6.93. The zero-order chi connectivity index (χ0) is 14.7. The second kappa shape index (κ2) is 5.35. The summed E-state index contributed by atoms with van der Waals surface area (Å²) in [6, 6.07) is 8.59. The first-order valence-corrected chi connectivity index (χ1v) is 5.76. The van der Waals surface area contributed by atoms with Crippen LogP contribution in [-0.4, -0.2) is 15.8 Å². The Morgan fingerprint density at radius 1 is 1.25 bits per heavy atom. The summed E-state index contributed by atoms with van der Waals surface area (Å²) >= 11 is 0. The van der Waals surface area contributed by atoms with E-state index in [-0.39, 0.29) is 11.6 Å². The number of benzene rings is 1. The van der Waals surface area contributed by atoms with Gasteiger partial charge in [-0.05, 0) is 31.2 Å². The van der Waals surface area contributed by atoms with Crippen LogP contribution in [0.4, 0.5) is 17.2 Å². The first-order chi connectivity index (χ1) is 9.47. The number of hydrogen-bond donors (Lipinski definition) is 2. The number of carbonyl (C=O) groups is 1. The van der Waals surface area contributed by atoms with Gasteiger partial charge in [0.2, 0.25) is 0 Å². The summed E-state index contributed by atoms with van der Waals surface area (Å²) in [6.45, 7) is 1.72. The van der Waals surface area contributed by atoms with Crippen LogP contribution >= 0.6 is 0 Å². The summed E-state index contributed by atoms with van der Waals surface area (Å²) in [4.78, 5) is 26.0. The molecule has 1 amide bonds. The van der Waals surface area contributed by atoms with Crippen molar-refractivity contribution in [3.8, 4) is 0 Å². The lowest BCUT2D eigenvalue weighted by Gasteiger charge is -2.08. The molecule has 1 heterocycles. The van der Waals surface area contributed by atoms with Crippen LogP contribution in [0.5, 0.6) is 0 Å². The number of amides is 1. The zero-order valence-corrected chi connectivity index (χ0v) is 10.7. The molecule has 1 aromatic carbocycles. The van der Waals surface area contributed by atoms with Gasteiger partial charge in [0.15, 0.2) is 0 Å². The third-order valence-corrected chi connectivity index (χ3v) is 2.70. The SMILES string of the molecule is Cc1nc(N)ccc1NC(=O)c1ccc([N+](=O)[O-])cc1. The molecule has 20 heavy (non-hydrogen) atoms. The van der Waals surface area contributed by atoms with Crippen molar-refractivity contribution < 1.29 is 9.72 Å². The Hall–Kier alpha value is -2.96. The van der Waals surface area contributed by atoms with E-state index in [4.69, 9.17) is 5.73 Å². The fourth-order valence-electron chi connectivity index (χ4n) is 1.64. The van der Waals surface area contributed by atoms with Gasteiger partial charge in [0.25, 0.3) is 11.6 Å². The Balaban J connectivity index is 2.17. The maximum absolute atomic E-state index is 12.0. The fourth-order valence-corrected chi connectivity index (χ4v) is 1.64. The summed E-state index contributed by atoms with van der Waals surface area (Å²) in [7, 11) is 0. The van der Waals surface area contributed by atoms with E-state index in [1.165, 1.54) is 24.3 Å². The summed E-state index contributed by atoms with van der Waals surface area (Å²) in [5, 5.41) is 13.2. The average molecular weight is 272 g/mol. The lowest BCUT2D eigenvalue weighted by molar-refractivity contribution is -0.384. The number of nitro benzene ring substituents is 1. The average Bonchev–Trinajstić information content (AvgIpc) is 2.42. The van der Waals surface area contributed by atoms with E-state index >= 15 is 0 Å². The Bertz CT molecular complexity index is 668. The molecule has 0 aliphatic heterocycles. The molecule has 0 bridgehead atoms. The van der Waals surface area contributed by atoms with E-state index in [9.17, 15) is 14.9 Å². The topological polar surface area (TPSA) is 111 Å². The van der Waals surface area contributed by atoms with Crippen LogP contribution in [0.25, 0.3) is 0 Å². The molecule has 0 saturated heterocycles. The first kappa shape index (κ1) is 13.5. The molecule has 7 nitrogen and oxygen atoms in total. The quantitative estimate of drug-likeness (QED) is 0.656. The van der Waals surface area contributed by atoms with Crippen molar-refractivity contribution in [1.29, 1.82) is 0 Å². The molecule has 7 heteroatoms. The van der Waals surface area contributed by atoms with Crippen molar-refractivity contribution in [3.63, 3.8) is 0 Å². The van der Waals surface area contributed by atoms with Crippen molar-refractivity contribution in [1.82, 2.24) is 4.98 Å². The minimum atomic E-state index is -0.518. The number of anilines is 2. The smallest absolute Gasteiger partial charge is 0.269 e. The number of nitro groups is 1. The monoisotopic (exact) mass is 272 g/mol. The van der Waals surface area contributed by atoms with Gasteiger partial charge in [0.1, 0.15) is 5.82 Å². The largest absolute Gasteiger partial charge is 0.384 e. The molecular formula is C13H12N4O3. The lowest BCUT2D eigenvalue weighted by Crippen LogP contribution is -2.13. The molecule has 0 saturated carbocycles. The molecule has 1 aromatic heterocycles. The fraction of sp³-hybridized carbons (Fsp3) is 0.0769. The molecule has 0 aliphatic carbocycles. The lowest BCUT2D eigenvalue weighted by atomic mass is 10.2. The number of nitrogens with two attached hydrogens (primary N) is 1. The number of pyridine rings is 1. The molecule has 2 aromatic rings. The van der Waals surface area contributed by atoms with Gasteiger partial charge < -0.3 is 11.1 Å². The molecule has 0 fully saturated rings. The maximum atomic E-state index is 12.0. The highest BCUT2D eigenvalue weighted by atomic mass is 16.6. The Kier molecular flexibility index (Phi) is 3.60. The van der Waals surface area contributed by atoms with Crippen LogP contribution in [-0.2, 0) is 0 Å². The predicted molar refractivity (Wildman–Crippen MR) is 74.4 cm³/mol. The summed E-state index contributed by atoms with van der Waals surface area (Å²) in [5.74, 6) is 0.00500. The van der Waals surface area contributed by atoms with Gasteiger partial charge in [-0.15, -0.1) is 0 Å². The number of aromatic nitrogens is 1. The second-order valence-corrected chi connectivity index (χ2v) is 4.13. The van der Waals surface area contributed by atoms with Crippen LogP contribution in [0.1, 0.15) is 16.1 Å². The van der Waals surface area contributed by atoms with E-state index in [0.717, 1.165) is 0 Å². The van der Waals surface area contributed by atoms with Gasteiger partial charge in [0.05, 0.1) is 16.3 Å². The molecule has 0 aliphatic rings. The third-order valence-electron chi connectivity index (χ3n) is 2.70. The molecule has 0 radical (unpaired) electrons. The van der Waals surface area contributed by atoms with Gasteiger partial charge >= 0.3 is 0 Å². The molecule has 3 N–H and O–H groups in total. The molecule has 2 rings (SSSR count). The van der Waals surface area contributed by atoms with Crippen molar-refractivity contribution >= 4 is 23.1 Å². The Morgan fingerprint density at radius 3 is 2.45 bits per heavy atom. The van der Waals surface area contributed by atoms with E-state index in [1.54, 1.807) is 19.1 Å². The highest BCUT2D eigenvalue weighted by molar-refractivity contribution is 6.04. The third kappa shape index (κ3) is 2.89. The molecule has 0 unspecified atom stereocenters. The number of hydrogen-bond acceptors (Lipinski definition) is 5. The number of nitrogens with one attached hydrogen (secondary N) is 1.